The highest BCUT2D eigenvalue weighted by Gasteiger charge is 2.19. The third-order valence-electron chi connectivity index (χ3n) is 3.59. The van der Waals surface area contributed by atoms with Crippen LogP contribution in [0.15, 0.2) is 24.3 Å². The lowest BCUT2D eigenvalue weighted by Crippen LogP contribution is -2.34. The summed E-state index contributed by atoms with van der Waals surface area (Å²) in [7, 11) is -0.725. The second-order valence-electron chi connectivity index (χ2n) is 5.30. The molecule has 3 unspecified atom stereocenters. The molecule has 0 amide bonds. The summed E-state index contributed by atoms with van der Waals surface area (Å²) in [6.07, 6.45) is 6.72. The smallest absolute Gasteiger partial charge is 0.0383 e. The average molecular weight is 265 g/mol. The normalized spacial score (nSPS) is 22.9. The van der Waals surface area contributed by atoms with Crippen LogP contribution in [0.1, 0.15) is 43.4 Å². The van der Waals surface area contributed by atoms with Gasteiger partial charge in [-0.25, -0.2) is 0 Å². The number of nitrogens with one attached hydrogen (secondary N) is 1. The van der Waals surface area contributed by atoms with Crippen molar-refractivity contribution in [3.05, 3.63) is 35.4 Å². The van der Waals surface area contributed by atoms with Crippen LogP contribution in [0, 0.1) is 0 Å². The molecule has 0 radical (unpaired) electrons. The average Bonchev–Trinajstić information content (AvgIpc) is 2.51. The molecule has 1 aromatic carbocycles. The molecule has 0 spiro atoms. The zero-order valence-electron chi connectivity index (χ0n) is 11.3. The molecule has 2 nitrogen and oxygen atoms in total. The van der Waals surface area contributed by atoms with E-state index >= 15 is 0 Å². The Morgan fingerprint density at radius 3 is 2.94 bits per heavy atom. The molecule has 18 heavy (non-hydrogen) atoms. The van der Waals surface area contributed by atoms with Gasteiger partial charge in [-0.15, -0.1) is 0 Å². The van der Waals surface area contributed by atoms with Crippen LogP contribution < -0.4 is 5.32 Å². The van der Waals surface area contributed by atoms with Gasteiger partial charge in [0.15, 0.2) is 0 Å². The molecule has 3 atom stereocenters. The van der Waals surface area contributed by atoms with Crippen LogP contribution >= 0.6 is 0 Å². The summed E-state index contributed by atoms with van der Waals surface area (Å²) in [5, 5.41) is 3.65. The van der Waals surface area contributed by atoms with Gasteiger partial charge in [-0.3, -0.25) is 4.21 Å². The minimum atomic E-state index is -0.725. The van der Waals surface area contributed by atoms with Crippen LogP contribution in [0.4, 0.5) is 0 Å². The van der Waals surface area contributed by atoms with Crippen LogP contribution in [-0.4, -0.2) is 22.3 Å². The first-order valence-corrected chi connectivity index (χ1v) is 8.53. The summed E-state index contributed by atoms with van der Waals surface area (Å²) < 4.78 is 11.3. The number of hydrogen-bond acceptors (Lipinski definition) is 2. The molecular weight excluding hydrogens is 242 g/mol. The van der Waals surface area contributed by atoms with Crippen molar-refractivity contribution in [2.75, 3.05) is 12.0 Å². The highest BCUT2D eigenvalue weighted by molar-refractivity contribution is 7.84. The van der Waals surface area contributed by atoms with E-state index in [1.807, 2.05) is 0 Å². The Balaban J connectivity index is 2.10. The predicted molar refractivity (Wildman–Crippen MR) is 78.3 cm³/mol. The van der Waals surface area contributed by atoms with Gasteiger partial charge in [0.25, 0.3) is 0 Å². The van der Waals surface area contributed by atoms with Gasteiger partial charge >= 0.3 is 0 Å². The first kappa shape index (κ1) is 13.8. The summed E-state index contributed by atoms with van der Waals surface area (Å²) in [5.41, 5.74) is 2.93. The molecular formula is C15H23NOS. The van der Waals surface area contributed by atoms with Gasteiger partial charge in [-0.1, -0.05) is 30.7 Å². The fourth-order valence-corrected chi connectivity index (χ4v) is 3.64. The SMILES string of the molecule is CC(CS(C)=O)NC1CCCCc2ccccc21. The van der Waals surface area contributed by atoms with Gasteiger partial charge < -0.3 is 5.32 Å². The summed E-state index contributed by atoms with van der Waals surface area (Å²) in [4.78, 5) is 0. The van der Waals surface area contributed by atoms with Crippen molar-refractivity contribution in [1.29, 1.82) is 0 Å². The van der Waals surface area contributed by atoms with Crippen molar-refractivity contribution in [3.63, 3.8) is 0 Å². The molecule has 100 valence electrons. The van der Waals surface area contributed by atoms with Gasteiger partial charge in [-0.05, 0) is 37.3 Å². The second kappa shape index (κ2) is 6.48. The monoisotopic (exact) mass is 265 g/mol. The Labute approximate surface area is 113 Å². The van der Waals surface area contributed by atoms with E-state index in [-0.39, 0.29) is 0 Å². The third kappa shape index (κ3) is 3.66. The Hall–Kier alpha value is -0.670. The lowest BCUT2D eigenvalue weighted by atomic mass is 9.98. The Bertz CT molecular complexity index is 419. The van der Waals surface area contributed by atoms with Gasteiger partial charge in [0.2, 0.25) is 0 Å². The van der Waals surface area contributed by atoms with E-state index in [0.717, 1.165) is 5.75 Å². The zero-order chi connectivity index (χ0) is 13.0. The Morgan fingerprint density at radius 2 is 2.17 bits per heavy atom. The number of aryl methyl sites for hydroxylation is 1. The highest BCUT2D eigenvalue weighted by Crippen LogP contribution is 2.28. The summed E-state index contributed by atoms with van der Waals surface area (Å²) >= 11 is 0. The first-order valence-electron chi connectivity index (χ1n) is 6.80. The highest BCUT2D eigenvalue weighted by atomic mass is 32.2. The van der Waals surface area contributed by atoms with Crippen molar-refractivity contribution < 1.29 is 4.21 Å². The van der Waals surface area contributed by atoms with Gasteiger partial charge in [-0.2, -0.15) is 0 Å². The largest absolute Gasteiger partial charge is 0.307 e. The van der Waals surface area contributed by atoms with Crippen molar-refractivity contribution in [1.82, 2.24) is 5.32 Å². The lowest BCUT2D eigenvalue weighted by molar-refractivity contribution is 0.448. The summed E-state index contributed by atoms with van der Waals surface area (Å²) in [6, 6.07) is 9.49. The molecule has 0 aliphatic heterocycles. The van der Waals surface area contributed by atoms with Gasteiger partial charge in [0, 0.05) is 34.9 Å². The molecule has 0 saturated carbocycles. The van der Waals surface area contributed by atoms with Crippen LogP contribution in [0.5, 0.6) is 0 Å². The van der Waals surface area contributed by atoms with E-state index in [2.05, 4.69) is 36.5 Å². The minimum absolute atomic E-state index is 0.312. The van der Waals surface area contributed by atoms with E-state index in [1.165, 1.54) is 36.8 Å². The second-order valence-corrected chi connectivity index (χ2v) is 6.78. The van der Waals surface area contributed by atoms with Crippen molar-refractivity contribution >= 4 is 10.8 Å². The number of fused-ring (bicyclic) bond motifs is 1. The van der Waals surface area contributed by atoms with E-state index < -0.39 is 10.8 Å². The molecule has 2 rings (SSSR count). The van der Waals surface area contributed by atoms with Gasteiger partial charge in [0.1, 0.15) is 0 Å². The van der Waals surface area contributed by atoms with Crippen LogP contribution in [-0.2, 0) is 17.2 Å². The van der Waals surface area contributed by atoms with Crippen LogP contribution in [0.25, 0.3) is 0 Å². The molecule has 3 heteroatoms. The summed E-state index contributed by atoms with van der Waals surface area (Å²) in [6.45, 7) is 2.13. The maximum Gasteiger partial charge on any atom is 0.0383 e. The molecule has 0 aromatic heterocycles. The molecule has 0 heterocycles. The molecule has 1 aliphatic rings. The Kier molecular flexibility index (Phi) is 4.95. The molecule has 0 fully saturated rings. The molecule has 1 aromatic rings. The van der Waals surface area contributed by atoms with Crippen LogP contribution in [0.2, 0.25) is 0 Å². The fraction of sp³-hybridized carbons (Fsp3) is 0.600. The van der Waals surface area contributed by atoms with Gasteiger partial charge in [0.05, 0.1) is 0 Å². The van der Waals surface area contributed by atoms with E-state index in [9.17, 15) is 4.21 Å². The maximum absolute atomic E-state index is 11.3. The predicted octanol–water partition coefficient (Wildman–Crippen LogP) is 2.81. The summed E-state index contributed by atoms with van der Waals surface area (Å²) in [5.74, 6) is 0.735. The van der Waals surface area contributed by atoms with Crippen molar-refractivity contribution in [2.24, 2.45) is 0 Å². The minimum Gasteiger partial charge on any atom is -0.307 e. The quantitative estimate of drug-likeness (QED) is 0.848. The van der Waals surface area contributed by atoms with E-state index in [1.54, 1.807) is 6.26 Å². The van der Waals surface area contributed by atoms with E-state index in [4.69, 9.17) is 0 Å². The number of benzene rings is 1. The maximum atomic E-state index is 11.3. The third-order valence-corrected chi connectivity index (χ3v) is 4.56. The number of hydrogen-bond donors (Lipinski definition) is 1. The molecule has 0 bridgehead atoms. The topological polar surface area (TPSA) is 29.1 Å². The van der Waals surface area contributed by atoms with Crippen LogP contribution in [0.3, 0.4) is 0 Å². The standard InChI is InChI=1S/C15H23NOS/c1-12(11-18(2)17)16-15-10-6-4-8-13-7-3-5-9-14(13)15/h3,5,7,9,12,15-16H,4,6,8,10-11H2,1-2H3. The molecule has 0 saturated heterocycles. The Morgan fingerprint density at radius 1 is 1.39 bits per heavy atom. The fourth-order valence-electron chi connectivity index (χ4n) is 2.84. The first-order chi connectivity index (χ1) is 8.66. The van der Waals surface area contributed by atoms with E-state index in [0.29, 0.717) is 12.1 Å². The number of rotatable bonds is 4. The van der Waals surface area contributed by atoms with Crippen molar-refractivity contribution in [2.45, 2.75) is 44.7 Å². The zero-order valence-corrected chi connectivity index (χ0v) is 12.1. The lowest BCUT2D eigenvalue weighted by Gasteiger charge is -2.23. The van der Waals surface area contributed by atoms with Crippen molar-refractivity contribution in [3.8, 4) is 0 Å². The molecule has 1 aliphatic carbocycles. The molecule has 1 N–H and O–H groups in total.